The third kappa shape index (κ3) is 8.69. The lowest BCUT2D eigenvalue weighted by Gasteiger charge is -2.32. The van der Waals surface area contributed by atoms with Gasteiger partial charge in [0, 0.05) is 45.0 Å². The molecule has 0 unspecified atom stereocenters. The van der Waals surface area contributed by atoms with Gasteiger partial charge in [-0.25, -0.2) is 9.80 Å². The van der Waals surface area contributed by atoms with Crippen LogP contribution >= 0.6 is 0 Å². The molecule has 0 spiro atoms. The highest BCUT2D eigenvalue weighted by Gasteiger charge is 2.28. The maximum absolute atomic E-state index is 13.5. The number of carbonyl (C=O) groups excluding carboxylic acids is 3. The minimum atomic E-state index is -0.624. The van der Waals surface area contributed by atoms with Gasteiger partial charge >= 0.3 is 6.09 Å². The van der Waals surface area contributed by atoms with Crippen LogP contribution in [0.3, 0.4) is 0 Å². The molecular weight excluding hydrogens is 520 g/mol. The molecule has 0 saturated heterocycles. The van der Waals surface area contributed by atoms with E-state index < -0.39 is 11.7 Å². The van der Waals surface area contributed by atoms with E-state index in [9.17, 15) is 19.6 Å². The van der Waals surface area contributed by atoms with Gasteiger partial charge in [0.25, 0.3) is 5.91 Å². The molecule has 10 heteroatoms. The first-order valence-electron chi connectivity index (χ1n) is 13.9. The molecular formula is C31H42N6O4. The van der Waals surface area contributed by atoms with E-state index in [1.165, 1.54) is 11.1 Å². The van der Waals surface area contributed by atoms with Crippen molar-refractivity contribution in [1.82, 2.24) is 20.2 Å². The number of nitrogens with zero attached hydrogens (tertiary/aromatic N) is 5. The molecule has 0 saturated carbocycles. The van der Waals surface area contributed by atoms with E-state index in [1.54, 1.807) is 34.0 Å². The van der Waals surface area contributed by atoms with Crippen LogP contribution in [0.25, 0.3) is 0 Å². The Morgan fingerprint density at radius 3 is 2.27 bits per heavy atom. The van der Waals surface area contributed by atoms with Crippen molar-refractivity contribution in [3.05, 3.63) is 64.7 Å². The number of anilines is 1. The number of ether oxygens (including phenoxy) is 1. The number of nitriles is 1. The molecule has 220 valence electrons. The van der Waals surface area contributed by atoms with E-state index >= 15 is 0 Å². The second-order valence-electron chi connectivity index (χ2n) is 11.6. The van der Waals surface area contributed by atoms with Gasteiger partial charge in [0.15, 0.2) is 0 Å². The lowest BCUT2D eigenvalue weighted by Crippen LogP contribution is -2.49. The molecule has 2 aromatic rings. The van der Waals surface area contributed by atoms with Gasteiger partial charge in [0.2, 0.25) is 5.91 Å². The number of amides is 3. The van der Waals surface area contributed by atoms with Crippen molar-refractivity contribution in [2.24, 2.45) is 0 Å². The van der Waals surface area contributed by atoms with Crippen LogP contribution in [0.2, 0.25) is 0 Å². The molecule has 0 atom stereocenters. The highest BCUT2D eigenvalue weighted by molar-refractivity contribution is 5.87. The molecule has 3 amide bonds. The molecule has 10 nitrogen and oxygen atoms in total. The van der Waals surface area contributed by atoms with E-state index in [1.807, 2.05) is 64.8 Å². The minimum absolute atomic E-state index is 0.0531. The van der Waals surface area contributed by atoms with Crippen molar-refractivity contribution in [1.29, 1.82) is 5.26 Å². The van der Waals surface area contributed by atoms with Crippen LogP contribution in [-0.2, 0) is 27.4 Å². The van der Waals surface area contributed by atoms with Crippen molar-refractivity contribution >= 4 is 23.6 Å². The van der Waals surface area contributed by atoms with Crippen LogP contribution in [0.15, 0.2) is 42.5 Å². The highest BCUT2D eigenvalue weighted by atomic mass is 16.6. The van der Waals surface area contributed by atoms with Crippen LogP contribution in [0, 0.1) is 18.3 Å². The fourth-order valence-electron chi connectivity index (χ4n) is 4.62. The average molecular weight is 563 g/mol. The minimum Gasteiger partial charge on any atom is -0.444 e. The maximum Gasteiger partial charge on any atom is 0.410 e. The fourth-order valence-corrected chi connectivity index (χ4v) is 4.62. The summed E-state index contributed by atoms with van der Waals surface area (Å²) in [6.07, 6.45) is -0.440. The summed E-state index contributed by atoms with van der Waals surface area (Å²) in [4.78, 5) is 42.5. The van der Waals surface area contributed by atoms with Gasteiger partial charge < -0.3 is 19.9 Å². The molecule has 1 aliphatic rings. The summed E-state index contributed by atoms with van der Waals surface area (Å²) in [7, 11) is 1.74. The van der Waals surface area contributed by atoms with Gasteiger partial charge in [-0.05, 0) is 70.4 Å². The molecule has 1 N–H and O–H groups in total. The number of benzene rings is 2. The molecule has 0 radical (unpaired) electrons. The first kappa shape index (κ1) is 31.4. The van der Waals surface area contributed by atoms with Gasteiger partial charge in [-0.2, -0.15) is 5.26 Å². The number of likely N-dealkylation sites (N-methyl/N-ethyl adjacent to an activating group) is 1. The van der Waals surface area contributed by atoms with E-state index in [0.717, 1.165) is 5.56 Å². The summed E-state index contributed by atoms with van der Waals surface area (Å²) < 4.78 is 5.50. The third-order valence-corrected chi connectivity index (χ3v) is 6.88. The molecule has 3 rings (SSSR count). The standard InChI is InChI=1S/C31H42N6O4/c1-22(2)37(30(40)41-31(4,5)6)15-14-33-28(38)20-35(27-16-24(17-32)13-12-23(27)3)21-29(39)34(7)36-18-25-10-8-9-11-26(25)19-36/h8-13,16,22H,14-15,18-21H2,1-7H3,(H,33,38). The lowest BCUT2D eigenvalue weighted by molar-refractivity contribution is -0.145. The zero-order chi connectivity index (χ0) is 30.3. The fraction of sp³-hybridized carbons (Fsp3) is 0.484. The van der Waals surface area contributed by atoms with Crippen LogP contribution in [0.4, 0.5) is 10.5 Å². The molecule has 1 aliphatic heterocycles. The van der Waals surface area contributed by atoms with Crippen LogP contribution in [0.1, 0.15) is 56.9 Å². The molecule has 0 aliphatic carbocycles. The number of rotatable bonds is 10. The summed E-state index contributed by atoms with van der Waals surface area (Å²) in [5.74, 6) is -0.480. The molecule has 1 heterocycles. The molecule has 41 heavy (non-hydrogen) atoms. The number of hydrogen-bond acceptors (Lipinski definition) is 7. The van der Waals surface area contributed by atoms with E-state index in [0.29, 0.717) is 24.3 Å². The summed E-state index contributed by atoms with van der Waals surface area (Å²) in [5.41, 5.74) is 3.67. The SMILES string of the molecule is Cc1ccc(C#N)cc1N(CC(=O)NCCN(C(=O)OC(C)(C)C)C(C)C)CC(=O)N(C)N1Cc2ccccc2C1. The largest absolute Gasteiger partial charge is 0.444 e. The predicted octanol–water partition coefficient (Wildman–Crippen LogP) is 3.82. The summed E-state index contributed by atoms with van der Waals surface area (Å²) in [6.45, 7) is 12.7. The smallest absolute Gasteiger partial charge is 0.410 e. The highest BCUT2D eigenvalue weighted by Crippen LogP contribution is 2.25. The number of aryl methyl sites for hydroxylation is 1. The average Bonchev–Trinajstić information content (AvgIpc) is 3.33. The zero-order valence-corrected chi connectivity index (χ0v) is 25.2. The Kier molecular flexibility index (Phi) is 10.4. The Morgan fingerprint density at radius 1 is 1.07 bits per heavy atom. The number of nitrogens with one attached hydrogen (secondary N) is 1. The normalized spacial score (nSPS) is 12.9. The topological polar surface area (TPSA) is 109 Å². The predicted molar refractivity (Wildman–Crippen MR) is 158 cm³/mol. The zero-order valence-electron chi connectivity index (χ0n) is 25.2. The second-order valence-corrected chi connectivity index (χ2v) is 11.6. The number of carbonyl (C=O) groups is 3. The summed E-state index contributed by atoms with van der Waals surface area (Å²) in [6, 6.07) is 15.3. The third-order valence-electron chi connectivity index (χ3n) is 6.88. The van der Waals surface area contributed by atoms with Crippen LogP contribution < -0.4 is 10.2 Å². The summed E-state index contributed by atoms with van der Waals surface area (Å²) >= 11 is 0. The van der Waals surface area contributed by atoms with Crippen molar-refractivity contribution in [2.75, 3.05) is 38.1 Å². The van der Waals surface area contributed by atoms with Gasteiger partial charge in [0.05, 0.1) is 24.7 Å². The Morgan fingerprint density at radius 2 is 1.71 bits per heavy atom. The van der Waals surface area contributed by atoms with Gasteiger partial charge in [0.1, 0.15) is 5.60 Å². The van der Waals surface area contributed by atoms with E-state index in [2.05, 4.69) is 23.5 Å². The molecule has 0 aromatic heterocycles. The second kappa shape index (κ2) is 13.5. The Bertz CT molecular complexity index is 1270. The monoisotopic (exact) mass is 562 g/mol. The van der Waals surface area contributed by atoms with Gasteiger partial charge in [-0.1, -0.05) is 30.3 Å². The van der Waals surface area contributed by atoms with Crippen LogP contribution in [0.5, 0.6) is 0 Å². The first-order valence-corrected chi connectivity index (χ1v) is 13.9. The molecule has 0 fully saturated rings. The van der Waals surface area contributed by atoms with Crippen molar-refractivity contribution < 1.29 is 19.1 Å². The number of hydrazine groups is 1. The van der Waals surface area contributed by atoms with Gasteiger partial charge in [-0.15, -0.1) is 0 Å². The lowest BCUT2D eigenvalue weighted by atomic mass is 10.1. The summed E-state index contributed by atoms with van der Waals surface area (Å²) in [5, 5.41) is 15.9. The van der Waals surface area contributed by atoms with Crippen molar-refractivity contribution in [2.45, 2.75) is 66.3 Å². The van der Waals surface area contributed by atoms with Crippen molar-refractivity contribution in [3.63, 3.8) is 0 Å². The van der Waals surface area contributed by atoms with Crippen LogP contribution in [-0.4, -0.2) is 77.7 Å². The Hall–Kier alpha value is -4.10. The molecule has 2 aromatic carbocycles. The van der Waals surface area contributed by atoms with E-state index in [4.69, 9.17) is 4.74 Å². The molecule has 0 bridgehead atoms. The number of fused-ring (bicyclic) bond motifs is 1. The number of hydrogen-bond donors (Lipinski definition) is 1. The maximum atomic E-state index is 13.5. The van der Waals surface area contributed by atoms with Gasteiger partial charge in [-0.3, -0.25) is 14.6 Å². The quantitative estimate of drug-likeness (QED) is 0.469. The Balaban J connectivity index is 1.69. The Labute approximate surface area is 243 Å². The van der Waals surface area contributed by atoms with E-state index in [-0.39, 0.29) is 44.0 Å². The first-order chi connectivity index (χ1) is 19.3. The van der Waals surface area contributed by atoms with Crippen molar-refractivity contribution in [3.8, 4) is 6.07 Å².